The maximum Gasteiger partial charge on any atom is 0.407 e. The Morgan fingerprint density at radius 3 is 2.60 bits per heavy atom. The summed E-state index contributed by atoms with van der Waals surface area (Å²) in [6, 6.07) is 11.4. The third-order valence-corrected chi connectivity index (χ3v) is 5.66. The summed E-state index contributed by atoms with van der Waals surface area (Å²) in [6.45, 7) is 10.7. The second-order valence-electron chi connectivity index (χ2n) is 9.67. The van der Waals surface area contributed by atoms with E-state index in [0.717, 1.165) is 36.5 Å². The maximum absolute atomic E-state index is 12.8. The Bertz CT molecular complexity index is 1210. The lowest BCUT2D eigenvalue weighted by Gasteiger charge is -2.19. The van der Waals surface area contributed by atoms with Gasteiger partial charge in [-0.15, -0.1) is 5.10 Å². The normalized spacial score (nSPS) is 14.3. The van der Waals surface area contributed by atoms with Crippen LogP contribution in [0.5, 0.6) is 0 Å². The average Bonchev–Trinajstić information content (AvgIpc) is 3.47. The zero-order valence-electron chi connectivity index (χ0n) is 20.8. The van der Waals surface area contributed by atoms with Gasteiger partial charge in [0.1, 0.15) is 5.60 Å². The molecule has 1 N–H and O–H groups in total. The summed E-state index contributed by atoms with van der Waals surface area (Å²) in [5.41, 5.74) is 2.90. The van der Waals surface area contributed by atoms with Crippen molar-refractivity contribution in [1.82, 2.24) is 24.8 Å². The van der Waals surface area contributed by atoms with Crippen molar-refractivity contribution in [3.05, 3.63) is 53.3 Å². The largest absolute Gasteiger partial charge is 0.461 e. The van der Waals surface area contributed by atoms with Gasteiger partial charge in [0, 0.05) is 18.7 Å². The third kappa shape index (κ3) is 6.16. The van der Waals surface area contributed by atoms with Gasteiger partial charge in [0.25, 0.3) is 0 Å². The first-order chi connectivity index (χ1) is 16.7. The van der Waals surface area contributed by atoms with Gasteiger partial charge >= 0.3 is 12.1 Å². The fourth-order valence-corrected chi connectivity index (χ4v) is 4.12. The van der Waals surface area contributed by atoms with E-state index < -0.39 is 17.7 Å². The van der Waals surface area contributed by atoms with Crippen molar-refractivity contribution < 1.29 is 19.1 Å². The van der Waals surface area contributed by atoms with E-state index in [9.17, 15) is 9.59 Å². The molecule has 1 aromatic carbocycles. The highest BCUT2D eigenvalue weighted by molar-refractivity contribution is 5.95. The van der Waals surface area contributed by atoms with Crippen LogP contribution in [-0.2, 0) is 22.6 Å². The molecule has 1 amide bonds. The summed E-state index contributed by atoms with van der Waals surface area (Å²) in [6.07, 6.45) is 1.91. The number of alkyl carbamates (subject to hydrolysis) is 1. The number of rotatable bonds is 7. The highest BCUT2D eigenvalue weighted by Gasteiger charge is 2.21. The van der Waals surface area contributed by atoms with Crippen LogP contribution in [0.1, 0.15) is 62.3 Å². The molecule has 0 unspecified atom stereocenters. The molecule has 4 rings (SSSR count). The van der Waals surface area contributed by atoms with Crippen LogP contribution in [0.3, 0.4) is 0 Å². The second kappa shape index (κ2) is 10.4. The van der Waals surface area contributed by atoms with Crippen molar-refractivity contribution in [1.29, 1.82) is 0 Å². The summed E-state index contributed by atoms with van der Waals surface area (Å²) in [5.74, 6) is -0.0618. The lowest BCUT2D eigenvalue weighted by Crippen LogP contribution is -2.32. The van der Waals surface area contributed by atoms with Gasteiger partial charge in [0.2, 0.25) is 0 Å². The zero-order valence-corrected chi connectivity index (χ0v) is 20.8. The molecule has 1 aliphatic rings. The van der Waals surface area contributed by atoms with Gasteiger partial charge in [-0.1, -0.05) is 18.2 Å². The number of fused-ring (bicyclic) bond motifs is 1. The topological polar surface area (TPSA) is 98.1 Å². The van der Waals surface area contributed by atoms with Crippen molar-refractivity contribution in [3.63, 3.8) is 0 Å². The smallest absolute Gasteiger partial charge is 0.407 e. The van der Waals surface area contributed by atoms with Crippen LogP contribution in [-0.4, -0.2) is 56.9 Å². The summed E-state index contributed by atoms with van der Waals surface area (Å²) >= 11 is 0. The minimum absolute atomic E-state index is 0.238. The SMILES string of the molecule is CCOC(=O)c1nc(-c2cccc(CNC(=O)OC(C)(C)C)c2)nn2c(CN3CCCC3)ccc12. The first kappa shape index (κ1) is 24.7. The van der Waals surface area contributed by atoms with Crippen molar-refractivity contribution in [2.24, 2.45) is 0 Å². The van der Waals surface area contributed by atoms with E-state index in [-0.39, 0.29) is 12.3 Å². The van der Waals surface area contributed by atoms with E-state index in [1.54, 1.807) is 11.4 Å². The Kier molecular flexibility index (Phi) is 7.35. The van der Waals surface area contributed by atoms with Gasteiger partial charge in [-0.2, -0.15) is 0 Å². The summed E-state index contributed by atoms with van der Waals surface area (Å²) < 4.78 is 12.4. The van der Waals surface area contributed by atoms with E-state index in [1.165, 1.54) is 12.8 Å². The molecular weight excluding hydrogens is 446 g/mol. The summed E-state index contributed by atoms with van der Waals surface area (Å²) in [4.78, 5) is 31.8. The molecule has 2 aromatic heterocycles. The number of aromatic nitrogens is 3. The lowest BCUT2D eigenvalue weighted by atomic mass is 10.1. The average molecular weight is 480 g/mol. The summed E-state index contributed by atoms with van der Waals surface area (Å²) in [7, 11) is 0. The van der Waals surface area contributed by atoms with E-state index >= 15 is 0 Å². The minimum Gasteiger partial charge on any atom is -0.461 e. The molecule has 0 atom stereocenters. The molecule has 9 heteroatoms. The van der Waals surface area contributed by atoms with Crippen LogP contribution in [0.15, 0.2) is 36.4 Å². The van der Waals surface area contributed by atoms with E-state index in [0.29, 0.717) is 17.9 Å². The lowest BCUT2D eigenvalue weighted by molar-refractivity contribution is 0.0512. The highest BCUT2D eigenvalue weighted by atomic mass is 16.6. The van der Waals surface area contributed by atoms with Crippen LogP contribution in [0.2, 0.25) is 0 Å². The molecule has 0 saturated carbocycles. The Hall–Kier alpha value is -3.46. The fourth-order valence-electron chi connectivity index (χ4n) is 4.12. The van der Waals surface area contributed by atoms with E-state index in [2.05, 4.69) is 15.2 Å². The standard InChI is InChI=1S/C26H33N5O4/c1-5-34-24(32)22-21-12-11-20(17-30-13-6-7-14-30)31(21)29-23(28-22)19-10-8-9-18(15-19)16-27-25(33)35-26(2,3)4/h8-12,15H,5-7,13-14,16-17H2,1-4H3,(H,27,33). The van der Waals surface area contributed by atoms with Crippen LogP contribution < -0.4 is 5.32 Å². The number of likely N-dealkylation sites (tertiary alicyclic amines) is 1. The quantitative estimate of drug-likeness (QED) is 0.507. The number of benzene rings is 1. The molecule has 186 valence electrons. The number of ether oxygens (including phenoxy) is 2. The molecule has 9 nitrogen and oxygen atoms in total. The monoisotopic (exact) mass is 479 g/mol. The van der Waals surface area contributed by atoms with Crippen molar-refractivity contribution in [2.45, 2.75) is 59.2 Å². The number of hydrogen-bond donors (Lipinski definition) is 1. The Balaban J connectivity index is 1.65. The number of esters is 1. The van der Waals surface area contributed by atoms with Crippen molar-refractivity contribution in [3.8, 4) is 11.4 Å². The van der Waals surface area contributed by atoms with Crippen LogP contribution in [0.25, 0.3) is 16.9 Å². The van der Waals surface area contributed by atoms with Gasteiger partial charge in [-0.05, 0) is 77.4 Å². The number of amides is 1. The molecule has 35 heavy (non-hydrogen) atoms. The predicted octanol–water partition coefficient (Wildman–Crippen LogP) is 4.19. The minimum atomic E-state index is -0.567. The zero-order chi connectivity index (χ0) is 25.0. The molecule has 0 bridgehead atoms. The highest BCUT2D eigenvalue weighted by Crippen LogP contribution is 2.23. The Morgan fingerprint density at radius 1 is 1.11 bits per heavy atom. The second-order valence-corrected chi connectivity index (χ2v) is 9.67. The molecular formula is C26H33N5O4. The molecule has 0 radical (unpaired) electrons. The number of nitrogens with one attached hydrogen (secondary N) is 1. The van der Waals surface area contributed by atoms with E-state index in [1.807, 2.05) is 57.2 Å². The first-order valence-electron chi connectivity index (χ1n) is 12.1. The molecule has 0 aliphatic carbocycles. The van der Waals surface area contributed by atoms with Gasteiger partial charge in [0.05, 0.1) is 17.8 Å². The molecule has 1 saturated heterocycles. The Morgan fingerprint density at radius 2 is 1.89 bits per heavy atom. The van der Waals surface area contributed by atoms with Crippen LogP contribution >= 0.6 is 0 Å². The van der Waals surface area contributed by atoms with Crippen molar-refractivity contribution in [2.75, 3.05) is 19.7 Å². The number of carbonyl (C=O) groups excluding carboxylic acids is 2. The molecule has 3 aromatic rings. The van der Waals surface area contributed by atoms with Crippen LogP contribution in [0, 0.1) is 0 Å². The summed E-state index contributed by atoms with van der Waals surface area (Å²) in [5, 5.41) is 7.56. The van der Waals surface area contributed by atoms with Crippen molar-refractivity contribution >= 4 is 17.6 Å². The van der Waals surface area contributed by atoms with Gasteiger partial charge in [0.15, 0.2) is 11.5 Å². The van der Waals surface area contributed by atoms with Gasteiger partial charge < -0.3 is 14.8 Å². The first-order valence-corrected chi connectivity index (χ1v) is 12.1. The Labute approximate surface area is 205 Å². The molecule has 0 spiro atoms. The van der Waals surface area contributed by atoms with E-state index in [4.69, 9.17) is 14.6 Å². The molecule has 1 fully saturated rings. The fraction of sp³-hybridized carbons (Fsp3) is 0.462. The third-order valence-electron chi connectivity index (χ3n) is 5.66. The molecule has 1 aliphatic heterocycles. The van der Waals surface area contributed by atoms with Crippen LogP contribution in [0.4, 0.5) is 4.79 Å². The number of hydrogen-bond acceptors (Lipinski definition) is 7. The predicted molar refractivity (Wildman–Crippen MR) is 132 cm³/mol. The van der Waals surface area contributed by atoms with Gasteiger partial charge in [-0.3, -0.25) is 4.90 Å². The molecule has 3 heterocycles. The maximum atomic E-state index is 12.8. The number of nitrogens with zero attached hydrogens (tertiary/aromatic N) is 4. The van der Waals surface area contributed by atoms with Gasteiger partial charge in [-0.25, -0.2) is 19.1 Å². The number of carbonyl (C=O) groups is 2.